The Morgan fingerprint density at radius 3 is 2.71 bits per heavy atom. The Hall–Kier alpha value is -2.07. The highest BCUT2D eigenvalue weighted by atomic mass is 35.5. The van der Waals surface area contributed by atoms with Crippen molar-refractivity contribution in [2.24, 2.45) is 5.41 Å². The molecule has 0 aliphatic carbocycles. The van der Waals surface area contributed by atoms with Crippen LogP contribution in [0.4, 0.5) is 15.0 Å². The fourth-order valence-electron chi connectivity index (χ4n) is 1.57. The van der Waals surface area contributed by atoms with Gasteiger partial charge in [-0.2, -0.15) is 5.26 Å². The number of hydrogen-bond acceptors (Lipinski definition) is 4. The summed E-state index contributed by atoms with van der Waals surface area (Å²) in [6, 6.07) is 2.31. The number of nitriles is 1. The van der Waals surface area contributed by atoms with Gasteiger partial charge in [-0.25, -0.2) is 14.2 Å². The van der Waals surface area contributed by atoms with Crippen molar-refractivity contribution in [1.29, 1.82) is 5.26 Å². The molecule has 0 aliphatic rings. The van der Waals surface area contributed by atoms with Crippen molar-refractivity contribution in [2.75, 3.05) is 11.9 Å². The first-order valence-electron chi connectivity index (χ1n) is 6.14. The highest BCUT2D eigenvalue weighted by Crippen LogP contribution is 2.25. The standard InChI is InChI=1S/C13H16ClFN4O2/c1-13(2,3)9(6-17-12(20)21)18-11-8(15)4-7(5-16)10(14)19-11/h4,9,17H,6H2,1-3H3,(H,18,19)(H,20,21)/t9-/m0/s1. The lowest BCUT2D eigenvalue weighted by molar-refractivity contribution is 0.191. The summed E-state index contributed by atoms with van der Waals surface area (Å²) in [6.07, 6.45) is -1.17. The molecule has 1 heterocycles. The summed E-state index contributed by atoms with van der Waals surface area (Å²) in [5, 5.41) is 22.4. The van der Waals surface area contributed by atoms with Crippen molar-refractivity contribution in [1.82, 2.24) is 10.3 Å². The predicted molar refractivity (Wildman–Crippen MR) is 76.8 cm³/mol. The summed E-state index contributed by atoms with van der Waals surface area (Å²) in [5.74, 6) is -0.841. The zero-order valence-electron chi connectivity index (χ0n) is 11.9. The van der Waals surface area contributed by atoms with Gasteiger partial charge >= 0.3 is 6.09 Å². The van der Waals surface area contributed by atoms with Gasteiger partial charge in [-0.05, 0) is 11.5 Å². The molecule has 0 saturated carbocycles. The van der Waals surface area contributed by atoms with Gasteiger partial charge in [0.15, 0.2) is 11.6 Å². The summed E-state index contributed by atoms with van der Waals surface area (Å²) < 4.78 is 13.9. The van der Waals surface area contributed by atoms with Crippen LogP contribution >= 0.6 is 11.6 Å². The summed E-state index contributed by atoms with van der Waals surface area (Å²) in [5.41, 5.74) is -0.424. The fraction of sp³-hybridized carbons (Fsp3) is 0.462. The largest absolute Gasteiger partial charge is 0.465 e. The topological polar surface area (TPSA) is 98.0 Å². The average molecular weight is 315 g/mol. The molecule has 1 amide bonds. The highest BCUT2D eigenvalue weighted by Gasteiger charge is 2.26. The Bertz CT molecular complexity index is 581. The Kier molecular flexibility index (Phi) is 5.33. The van der Waals surface area contributed by atoms with Gasteiger partial charge in [0.2, 0.25) is 0 Å². The van der Waals surface area contributed by atoms with Gasteiger partial charge in [-0.1, -0.05) is 32.4 Å². The molecule has 0 bridgehead atoms. The maximum atomic E-state index is 13.9. The van der Waals surface area contributed by atoms with Crippen molar-refractivity contribution < 1.29 is 14.3 Å². The molecule has 0 aliphatic heterocycles. The van der Waals surface area contributed by atoms with E-state index in [2.05, 4.69) is 15.6 Å². The number of pyridine rings is 1. The molecule has 21 heavy (non-hydrogen) atoms. The molecular weight excluding hydrogens is 299 g/mol. The van der Waals surface area contributed by atoms with Crippen LogP contribution in [-0.2, 0) is 0 Å². The van der Waals surface area contributed by atoms with E-state index in [-0.39, 0.29) is 28.5 Å². The molecule has 1 rings (SSSR count). The molecule has 0 aromatic carbocycles. The third-order valence-corrected chi connectivity index (χ3v) is 3.15. The molecule has 0 unspecified atom stereocenters. The Morgan fingerprint density at radius 2 is 2.24 bits per heavy atom. The molecule has 6 nitrogen and oxygen atoms in total. The molecule has 1 atom stereocenters. The molecule has 0 spiro atoms. The van der Waals surface area contributed by atoms with Crippen LogP contribution in [0.15, 0.2) is 6.07 Å². The van der Waals surface area contributed by atoms with E-state index < -0.39 is 18.0 Å². The molecular formula is C13H16ClFN4O2. The van der Waals surface area contributed by atoms with Crippen molar-refractivity contribution in [2.45, 2.75) is 26.8 Å². The first-order valence-corrected chi connectivity index (χ1v) is 6.52. The number of halogens is 2. The van der Waals surface area contributed by atoms with Crippen molar-refractivity contribution >= 4 is 23.5 Å². The second-order valence-electron chi connectivity index (χ2n) is 5.52. The van der Waals surface area contributed by atoms with Crippen LogP contribution in [0.25, 0.3) is 0 Å². The van der Waals surface area contributed by atoms with Crippen LogP contribution in [0, 0.1) is 22.6 Å². The number of carbonyl (C=O) groups is 1. The molecule has 8 heteroatoms. The van der Waals surface area contributed by atoms with E-state index in [0.717, 1.165) is 6.07 Å². The number of anilines is 1. The third kappa shape index (κ3) is 4.76. The van der Waals surface area contributed by atoms with Crippen LogP contribution in [0.5, 0.6) is 0 Å². The SMILES string of the molecule is CC(C)(C)[C@H](CNC(=O)O)Nc1nc(Cl)c(C#N)cc1F. The first kappa shape index (κ1) is 17.0. The summed E-state index contributed by atoms with van der Waals surface area (Å²) in [4.78, 5) is 14.4. The van der Waals surface area contributed by atoms with Crippen LogP contribution < -0.4 is 10.6 Å². The van der Waals surface area contributed by atoms with Crippen LogP contribution in [-0.4, -0.2) is 28.8 Å². The molecule has 0 fully saturated rings. The average Bonchev–Trinajstić information content (AvgIpc) is 2.36. The second-order valence-corrected chi connectivity index (χ2v) is 5.88. The van der Waals surface area contributed by atoms with E-state index in [1.807, 2.05) is 20.8 Å². The quantitative estimate of drug-likeness (QED) is 0.742. The fourth-order valence-corrected chi connectivity index (χ4v) is 1.76. The second kappa shape index (κ2) is 6.59. The molecule has 1 aromatic heterocycles. The molecule has 1 aromatic rings. The van der Waals surface area contributed by atoms with E-state index in [0.29, 0.717) is 0 Å². The summed E-state index contributed by atoms with van der Waals surface area (Å²) in [6.45, 7) is 5.68. The van der Waals surface area contributed by atoms with Crippen molar-refractivity contribution in [3.63, 3.8) is 0 Å². The highest BCUT2D eigenvalue weighted by molar-refractivity contribution is 6.30. The summed E-state index contributed by atoms with van der Waals surface area (Å²) >= 11 is 5.78. The van der Waals surface area contributed by atoms with Crippen LogP contribution in [0.2, 0.25) is 5.15 Å². The minimum absolute atomic E-state index is 0.0595. The first-order chi connectivity index (χ1) is 9.65. The van der Waals surface area contributed by atoms with Crippen molar-refractivity contribution in [3.05, 3.63) is 22.6 Å². The van der Waals surface area contributed by atoms with Gasteiger partial charge in [-0.15, -0.1) is 0 Å². The van der Waals surface area contributed by atoms with E-state index in [4.69, 9.17) is 22.0 Å². The van der Waals surface area contributed by atoms with Gasteiger partial charge in [0.05, 0.1) is 5.56 Å². The van der Waals surface area contributed by atoms with E-state index in [1.165, 1.54) is 0 Å². The lowest BCUT2D eigenvalue weighted by Gasteiger charge is -2.31. The number of hydrogen-bond donors (Lipinski definition) is 3. The van der Waals surface area contributed by atoms with Gasteiger partial charge in [0.1, 0.15) is 11.2 Å². The minimum Gasteiger partial charge on any atom is -0.465 e. The van der Waals surface area contributed by atoms with E-state index in [9.17, 15) is 9.18 Å². The number of carboxylic acid groups (broad SMARTS) is 1. The zero-order chi connectivity index (χ0) is 16.2. The zero-order valence-corrected chi connectivity index (χ0v) is 12.6. The lowest BCUT2D eigenvalue weighted by Crippen LogP contribution is -2.44. The number of aromatic nitrogens is 1. The van der Waals surface area contributed by atoms with Gasteiger partial charge in [-0.3, -0.25) is 0 Å². The number of amides is 1. The maximum Gasteiger partial charge on any atom is 0.404 e. The molecule has 0 saturated heterocycles. The molecule has 114 valence electrons. The number of nitrogens with one attached hydrogen (secondary N) is 2. The van der Waals surface area contributed by atoms with Crippen LogP contribution in [0.1, 0.15) is 26.3 Å². The maximum absolute atomic E-state index is 13.9. The Labute approximate surface area is 126 Å². The normalized spacial score (nSPS) is 12.4. The predicted octanol–water partition coefficient (Wildman–Crippen LogP) is 2.84. The molecule has 0 radical (unpaired) electrons. The van der Waals surface area contributed by atoms with Crippen molar-refractivity contribution in [3.8, 4) is 6.07 Å². The molecule has 3 N–H and O–H groups in total. The summed E-state index contributed by atoms with van der Waals surface area (Å²) in [7, 11) is 0. The van der Waals surface area contributed by atoms with E-state index in [1.54, 1.807) is 6.07 Å². The lowest BCUT2D eigenvalue weighted by atomic mass is 9.86. The number of rotatable bonds is 4. The van der Waals surface area contributed by atoms with Crippen LogP contribution in [0.3, 0.4) is 0 Å². The van der Waals surface area contributed by atoms with Gasteiger partial charge in [0, 0.05) is 12.6 Å². The Balaban J connectivity index is 3.01. The minimum atomic E-state index is -1.17. The van der Waals surface area contributed by atoms with Gasteiger partial charge in [0.25, 0.3) is 0 Å². The van der Waals surface area contributed by atoms with Gasteiger partial charge < -0.3 is 15.7 Å². The third-order valence-electron chi connectivity index (χ3n) is 2.86. The Morgan fingerprint density at radius 1 is 1.62 bits per heavy atom. The number of nitrogens with zero attached hydrogens (tertiary/aromatic N) is 2. The monoisotopic (exact) mass is 314 g/mol. The van der Waals surface area contributed by atoms with E-state index >= 15 is 0 Å². The smallest absolute Gasteiger partial charge is 0.404 e.